The summed E-state index contributed by atoms with van der Waals surface area (Å²) in [5.41, 5.74) is 3.75. The molecule has 0 saturated carbocycles. The van der Waals surface area contributed by atoms with E-state index in [0.29, 0.717) is 6.79 Å². The van der Waals surface area contributed by atoms with Gasteiger partial charge in [-0.3, -0.25) is 0 Å². The van der Waals surface area contributed by atoms with Crippen molar-refractivity contribution >= 4 is 11.6 Å². The number of halogens is 1. The Balaban J connectivity index is 1.82. The summed E-state index contributed by atoms with van der Waals surface area (Å²) in [5, 5.41) is 4.32. The van der Waals surface area contributed by atoms with Crippen LogP contribution in [0, 0.1) is 0 Å². The first kappa shape index (κ1) is 12.1. The first-order valence-corrected chi connectivity index (χ1v) is 7.10. The second-order valence-corrected chi connectivity index (χ2v) is 5.53. The molecule has 2 aromatic rings. The summed E-state index contributed by atoms with van der Waals surface area (Å²) in [6.45, 7) is 1.26. The van der Waals surface area contributed by atoms with E-state index >= 15 is 0 Å². The molecule has 0 spiro atoms. The van der Waals surface area contributed by atoms with Gasteiger partial charge < -0.3 is 14.8 Å². The molecule has 0 amide bonds. The molecule has 0 saturated heterocycles. The Kier molecular flexibility index (Phi) is 2.83. The third-order valence-electron chi connectivity index (χ3n) is 3.87. The predicted molar refractivity (Wildman–Crippen MR) is 77.6 cm³/mol. The average Bonchev–Trinajstić information content (AvgIpc) is 2.91. The maximum absolute atomic E-state index is 6.11. The van der Waals surface area contributed by atoms with Crippen molar-refractivity contribution in [3.8, 4) is 11.5 Å². The molecule has 1 unspecified atom stereocenters. The molecule has 2 aliphatic heterocycles. The zero-order valence-corrected chi connectivity index (χ0v) is 11.6. The zero-order valence-electron chi connectivity index (χ0n) is 10.9. The van der Waals surface area contributed by atoms with Crippen molar-refractivity contribution in [2.24, 2.45) is 0 Å². The molecular weight excluding hydrogens is 274 g/mol. The molecular formula is C16H14ClNO2. The molecule has 1 N–H and O–H groups in total. The van der Waals surface area contributed by atoms with Crippen LogP contribution in [-0.2, 0) is 6.42 Å². The van der Waals surface area contributed by atoms with Crippen molar-refractivity contribution < 1.29 is 9.47 Å². The normalized spacial score (nSPS) is 19.8. The largest absolute Gasteiger partial charge is 0.454 e. The van der Waals surface area contributed by atoms with E-state index in [1.54, 1.807) is 0 Å². The smallest absolute Gasteiger partial charge is 0.231 e. The minimum Gasteiger partial charge on any atom is -0.454 e. The number of rotatable bonds is 1. The number of benzene rings is 2. The van der Waals surface area contributed by atoms with E-state index in [0.717, 1.165) is 29.5 Å². The highest BCUT2D eigenvalue weighted by Crippen LogP contribution is 2.40. The van der Waals surface area contributed by atoms with Crippen molar-refractivity contribution in [2.75, 3.05) is 13.3 Å². The van der Waals surface area contributed by atoms with Crippen LogP contribution in [0.2, 0.25) is 5.02 Å². The van der Waals surface area contributed by atoms with Crippen molar-refractivity contribution in [2.45, 2.75) is 12.5 Å². The number of fused-ring (bicyclic) bond motifs is 2. The van der Waals surface area contributed by atoms with E-state index in [9.17, 15) is 0 Å². The Labute approximate surface area is 122 Å². The summed E-state index contributed by atoms with van der Waals surface area (Å²) in [4.78, 5) is 0. The van der Waals surface area contributed by atoms with Gasteiger partial charge in [0.2, 0.25) is 6.79 Å². The van der Waals surface area contributed by atoms with Crippen LogP contribution in [0.25, 0.3) is 0 Å². The zero-order chi connectivity index (χ0) is 13.5. The number of hydrogen-bond acceptors (Lipinski definition) is 3. The van der Waals surface area contributed by atoms with Crippen molar-refractivity contribution in [1.82, 2.24) is 5.32 Å². The Bertz CT molecular complexity index is 672. The van der Waals surface area contributed by atoms with Crippen LogP contribution in [0.5, 0.6) is 11.5 Å². The predicted octanol–water partition coefficient (Wildman–Crippen LogP) is 3.30. The summed E-state index contributed by atoms with van der Waals surface area (Å²) in [5.74, 6) is 1.69. The lowest BCUT2D eigenvalue weighted by molar-refractivity contribution is 0.174. The van der Waals surface area contributed by atoms with Gasteiger partial charge in [0.15, 0.2) is 11.5 Å². The highest BCUT2D eigenvalue weighted by molar-refractivity contribution is 6.30. The van der Waals surface area contributed by atoms with Gasteiger partial charge in [-0.2, -0.15) is 0 Å². The fourth-order valence-electron chi connectivity index (χ4n) is 2.93. The molecule has 0 radical (unpaired) electrons. The van der Waals surface area contributed by atoms with Gasteiger partial charge >= 0.3 is 0 Å². The van der Waals surface area contributed by atoms with Crippen molar-refractivity contribution in [3.05, 3.63) is 58.1 Å². The van der Waals surface area contributed by atoms with E-state index < -0.39 is 0 Å². The maximum Gasteiger partial charge on any atom is 0.231 e. The molecule has 1 atom stereocenters. The van der Waals surface area contributed by atoms with Crippen molar-refractivity contribution in [3.63, 3.8) is 0 Å². The Morgan fingerprint density at radius 1 is 1.10 bits per heavy atom. The van der Waals surface area contributed by atoms with Crippen molar-refractivity contribution in [1.29, 1.82) is 0 Å². The first-order chi connectivity index (χ1) is 9.81. The number of nitrogens with one attached hydrogen (secondary N) is 1. The average molecular weight is 288 g/mol. The molecule has 0 bridgehead atoms. The molecule has 2 aromatic carbocycles. The van der Waals surface area contributed by atoms with Crippen LogP contribution in [-0.4, -0.2) is 13.3 Å². The van der Waals surface area contributed by atoms with Crippen LogP contribution in [0.3, 0.4) is 0 Å². The molecule has 20 heavy (non-hydrogen) atoms. The van der Waals surface area contributed by atoms with Crippen LogP contribution in [0.4, 0.5) is 0 Å². The van der Waals surface area contributed by atoms with E-state index in [-0.39, 0.29) is 6.04 Å². The molecule has 4 rings (SSSR count). The van der Waals surface area contributed by atoms with Gasteiger partial charge in [-0.1, -0.05) is 23.7 Å². The summed E-state index contributed by atoms with van der Waals surface area (Å²) in [6, 6.07) is 12.4. The van der Waals surface area contributed by atoms with Crippen LogP contribution in [0.1, 0.15) is 22.7 Å². The minimum atomic E-state index is 0.159. The van der Waals surface area contributed by atoms with E-state index in [4.69, 9.17) is 21.1 Å². The van der Waals surface area contributed by atoms with Gasteiger partial charge in [0, 0.05) is 11.6 Å². The second-order valence-electron chi connectivity index (χ2n) is 5.10. The third kappa shape index (κ3) is 1.94. The number of hydrogen-bond donors (Lipinski definition) is 1. The van der Waals surface area contributed by atoms with Crippen LogP contribution < -0.4 is 14.8 Å². The van der Waals surface area contributed by atoms with Gasteiger partial charge in [-0.15, -0.1) is 0 Å². The molecule has 2 heterocycles. The fourth-order valence-corrected chi connectivity index (χ4v) is 3.13. The van der Waals surface area contributed by atoms with E-state index in [1.165, 1.54) is 16.7 Å². The van der Waals surface area contributed by atoms with Gasteiger partial charge in [-0.05, 0) is 47.4 Å². The Morgan fingerprint density at radius 3 is 2.80 bits per heavy atom. The van der Waals surface area contributed by atoms with Crippen LogP contribution in [0.15, 0.2) is 36.4 Å². The topological polar surface area (TPSA) is 30.5 Å². The first-order valence-electron chi connectivity index (χ1n) is 6.72. The lowest BCUT2D eigenvalue weighted by Gasteiger charge is -2.27. The van der Waals surface area contributed by atoms with E-state index in [1.807, 2.05) is 18.2 Å². The van der Waals surface area contributed by atoms with Gasteiger partial charge in [-0.25, -0.2) is 0 Å². The van der Waals surface area contributed by atoms with Gasteiger partial charge in [0.1, 0.15) is 0 Å². The van der Waals surface area contributed by atoms with E-state index in [2.05, 4.69) is 23.5 Å². The quantitative estimate of drug-likeness (QED) is 0.873. The van der Waals surface area contributed by atoms with Gasteiger partial charge in [0.25, 0.3) is 0 Å². The van der Waals surface area contributed by atoms with Crippen LogP contribution >= 0.6 is 11.6 Å². The third-order valence-corrected chi connectivity index (χ3v) is 4.11. The molecule has 102 valence electrons. The lowest BCUT2D eigenvalue weighted by atomic mass is 9.89. The summed E-state index contributed by atoms with van der Waals surface area (Å²) >= 11 is 6.11. The maximum atomic E-state index is 6.11. The minimum absolute atomic E-state index is 0.159. The standard InChI is InChI=1S/C16H14ClNO2/c17-12-3-1-2-11(6-12)16-13-8-15-14(19-9-20-15)7-10(13)4-5-18-16/h1-3,6-8,16,18H,4-5,9H2. The highest BCUT2D eigenvalue weighted by atomic mass is 35.5. The number of ether oxygens (including phenoxy) is 2. The SMILES string of the molecule is Clc1cccc(C2NCCc3cc4c(cc32)OCO4)c1. The lowest BCUT2D eigenvalue weighted by Crippen LogP contribution is -2.30. The molecule has 0 aliphatic carbocycles. The van der Waals surface area contributed by atoms with Gasteiger partial charge in [0.05, 0.1) is 6.04 Å². The molecule has 4 heteroatoms. The fraction of sp³-hybridized carbons (Fsp3) is 0.250. The Morgan fingerprint density at radius 2 is 1.95 bits per heavy atom. The summed E-state index contributed by atoms with van der Waals surface area (Å²) < 4.78 is 11.0. The molecule has 3 nitrogen and oxygen atoms in total. The highest BCUT2D eigenvalue weighted by Gasteiger charge is 2.25. The summed E-state index contributed by atoms with van der Waals surface area (Å²) in [7, 11) is 0. The second kappa shape index (κ2) is 4.69. The molecule has 0 fully saturated rings. The Hall–Kier alpha value is -1.71. The monoisotopic (exact) mass is 287 g/mol. The molecule has 0 aromatic heterocycles. The summed E-state index contributed by atoms with van der Waals surface area (Å²) in [6.07, 6.45) is 1.00. The molecule has 2 aliphatic rings.